The fourth-order valence-electron chi connectivity index (χ4n) is 3.55. The second-order valence-corrected chi connectivity index (χ2v) is 6.19. The third-order valence-corrected chi connectivity index (χ3v) is 4.43. The summed E-state index contributed by atoms with van der Waals surface area (Å²) < 4.78 is 0. The van der Waals surface area contributed by atoms with E-state index < -0.39 is 0 Å². The predicted molar refractivity (Wildman–Crippen MR) is 77.3 cm³/mol. The maximum Gasteiger partial charge on any atom is 0.0100 e. The molecule has 1 heteroatoms. The van der Waals surface area contributed by atoms with Crippen molar-refractivity contribution in [3.63, 3.8) is 0 Å². The monoisotopic (exact) mass is 239 g/mol. The molecule has 0 aromatic rings. The summed E-state index contributed by atoms with van der Waals surface area (Å²) in [4.78, 5) is 0. The molecule has 0 amide bonds. The van der Waals surface area contributed by atoms with Gasteiger partial charge in [0.2, 0.25) is 0 Å². The molecule has 0 aromatic heterocycles. The molecule has 1 N–H and O–H groups in total. The standard InChI is InChI=1S/C16H33N/c1-5-7-12-16(17-13(3)4)15-11-9-8-10-14(15)6-2/h13-17H,5-12H2,1-4H3. The lowest BCUT2D eigenvalue weighted by Crippen LogP contribution is -2.44. The van der Waals surface area contributed by atoms with Gasteiger partial charge in [0.1, 0.15) is 0 Å². The number of unbranched alkanes of at least 4 members (excludes halogenated alkanes) is 1. The lowest BCUT2D eigenvalue weighted by molar-refractivity contribution is 0.161. The third kappa shape index (κ3) is 4.99. The van der Waals surface area contributed by atoms with Crippen molar-refractivity contribution in [3.8, 4) is 0 Å². The van der Waals surface area contributed by atoms with Crippen LogP contribution in [0.15, 0.2) is 0 Å². The highest BCUT2D eigenvalue weighted by Crippen LogP contribution is 2.36. The minimum atomic E-state index is 0.635. The van der Waals surface area contributed by atoms with Crippen molar-refractivity contribution < 1.29 is 0 Å². The molecule has 102 valence electrons. The lowest BCUT2D eigenvalue weighted by Gasteiger charge is -2.38. The summed E-state index contributed by atoms with van der Waals surface area (Å²) in [6.07, 6.45) is 11.4. The molecule has 0 spiro atoms. The SMILES string of the molecule is CCCCC(NC(C)C)C1CCCCC1CC. The Morgan fingerprint density at radius 3 is 2.41 bits per heavy atom. The van der Waals surface area contributed by atoms with Gasteiger partial charge < -0.3 is 5.32 Å². The average Bonchev–Trinajstić information content (AvgIpc) is 2.34. The molecule has 1 rings (SSSR count). The van der Waals surface area contributed by atoms with Gasteiger partial charge in [-0.05, 0) is 24.7 Å². The highest BCUT2D eigenvalue weighted by atomic mass is 14.9. The second kappa shape index (κ2) is 8.13. The zero-order valence-electron chi connectivity index (χ0n) is 12.5. The van der Waals surface area contributed by atoms with Gasteiger partial charge in [0, 0.05) is 12.1 Å². The molecule has 3 unspecified atom stereocenters. The molecule has 0 bridgehead atoms. The summed E-state index contributed by atoms with van der Waals surface area (Å²) >= 11 is 0. The molecule has 0 aliphatic heterocycles. The zero-order valence-corrected chi connectivity index (χ0v) is 12.5. The highest BCUT2D eigenvalue weighted by Gasteiger charge is 2.30. The van der Waals surface area contributed by atoms with Crippen LogP contribution >= 0.6 is 0 Å². The van der Waals surface area contributed by atoms with Crippen molar-refractivity contribution >= 4 is 0 Å². The predicted octanol–water partition coefficient (Wildman–Crippen LogP) is 4.76. The topological polar surface area (TPSA) is 12.0 Å². The molecule has 0 aromatic carbocycles. The molecule has 1 aliphatic rings. The fraction of sp³-hybridized carbons (Fsp3) is 1.00. The Labute approximate surface area is 109 Å². The lowest BCUT2D eigenvalue weighted by atomic mass is 9.73. The van der Waals surface area contributed by atoms with Crippen molar-refractivity contribution in [1.82, 2.24) is 5.32 Å². The second-order valence-electron chi connectivity index (χ2n) is 6.19. The van der Waals surface area contributed by atoms with Gasteiger partial charge in [-0.3, -0.25) is 0 Å². The quantitative estimate of drug-likeness (QED) is 0.675. The van der Waals surface area contributed by atoms with Gasteiger partial charge in [0.25, 0.3) is 0 Å². The van der Waals surface area contributed by atoms with Crippen LogP contribution in [-0.4, -0.2) is 12.1 Å². The molecule has 1 nitrogen and oxygen atoms in total. The van der Waals surface area contributed by atoms with E-state index in [4.69, 9.17) is 0 Å². The van der Waals surface area contributed by atoms with Crippen LogP contribution in [0.1, 0.15) is 79.1 Å². The summed E-state index contributed by atoms with van der Waals surface area (Å²) in [5, 5.41) is 3.85. The summed E-state index contributed by atoms with van der Waals surface area (Å²) in [6, 6.07) is 1.41. The largest absolute Gasteiger partial charge is 0.311 e. The summed E-state index contributed by atoms with van der Waals surface area (Å²) in [5.41, 5.74) is 0. The van der Waals surface area contributed by atoms with Crippen LogP contribution in [0.5, 0.6) is 0 Å². The van der Waals surface area contributed by atoms with Crippen LogP contribution in [0.3, 0.4) is 0 Å². The first kappa shape index (κ1) is 15.0. The first-order valence-electron chi connectivity index (χ1n) is 7.95. The van der Waals surface area contributed by atoms with Gasteiger partial charge in [-0.25, -0.2) is 0 Å². The van der Waals surface area contributed by atoms with Crippen molar-refractivity contribution in [2.24, 2.45) is 11.8 Å². The van der Waals surface area contributed by atoms with E-state index in [0.29, 0.717) is 6.04 Å². The molecule has 0 radical (unpaired) electrons. The molecule has 0 heterocycles. The summed E-state index contributed by atoms with van der Waals surface area (Å²) in [5.74, 6) is 1.93. The van der Waals surface area contributed by atoms with Gasteiger partial charge in [-0.1, -0.05) is 66.2 Å². The molecule has 3 atom stereocenters. The first-order valence-corrected chi connectivity index (χ1v) is 7.95. The molecular formula is C16H33N. The Hall–Kier alpha value is -0.0400. The van der Waals surface area contributed by atoms with Gasteiger partial charge in [-0.15, -0.1) is 0 Å². The van der Waals surface area contributed by atoms with Gasteiger partial charge >= 0.3 is 0 Å². The zero-order chi connectivity index (χ0) is 12.7. The van der Waals surface area contributed by atoms with Crippen LogP contribution < -0.4 is 5.32 Å². The van der Waals surface area contributed by atoms with Crippen LogP contribution in [0, 0.1) is 11.8 Å². The molecule has 1 saturated carbocycles. The van der Waals surface area contributed by atoms with Crippen molar-refractivity contribution in [2.75, 3.05) is 0 Å². The number of hydrogen-bond acceptors (Lipinski definition) is 1. The minimum Gasteiger partial charge on any atom is -0.311 e. The van der Waals surface area contributed by atoms with Gasteiger partial charge in [-0.2, -0.15) is 0 Å². The van der Waals surface area contributed by atoms with E-state index in [0.717, 1.165) is 17.9 Å². The Bertz CT molecular complexity index is 188. The number of hydrogen-bond donors (Lipinski definition) is 1. The molecular weight excluding hydrogens is 206 g/mol. The van der Waals surface area contributed by atoms with Crippen LogP contribution in [-0.2, 0) is 0 Å². The normalized spacial score (nSPS) is 27.4. The van der Waals surface area contributed by atoms with E-state index in [1.807, 2.05) is 0 Å². The number of nitrogens with one attached hydrogen (secondary N) is 1. The van der Waals surface area contributed by atoms with Crippen molar-refractivity contribution in [1.29, 1.82) is 0 Å². The van der Waals surface area contributed by atoms with E-state index >= 15 is 0 Å². The highest BCUT2D eigenvalue weighted by molar-refractivity contribution is 4.85. The maximum absolute atomic E-state index is 3.85. The Morgan fingerprint density at radius 2 is 1.82 bits per heavy atom. The first-order chi connectivity index (χ1) is 8.19. The van der Waals surface area contributed by atoms with E-state index in [2.05, 4.69) is 33.0 Å². The molecule has 17 heavy (non-hydrogen) atoms. The summed E-state index contributed by atoms with van der Waals surface area (Å²) in [7, 11) is 0. The number of rotatable bonds is 7. The Kier molecular flexibility index (Phi) is 7.18. The molecule has 1 aliphatic carbocycles. The molecule has 1 fully saturated rings. The van der Waals surface area contributed by atoms with Gasteiger partial charge in [0.05, 0.1) is 0 Å². The van der Waals surface area contributed by atoms with Crippen LogP contribution in [0.4, 0.5) is 0 Å². The van der Waals surface area contributed by atoms with Crippen LogP contribution in [0.25, 0.3) is 0 Å². The summed E-state index contributed by atoms with van der Waals surface area (Å²) in [6.45, 7) is 9.28. The maximum atomic E-state index is 3.85. The van der Waals surface area contributed by atoms with Crippen molar-refractivity contribution in [3.05, 3.63) is 0 Å². The Balaban J connectivity index is 2.57. The fourth-order valence-corrected chi connectivity index (χ4v) is 3.55. The van der Waals surface area contributed by atoms with E-state index in [9.17, 15) is 0 Å². The van der Waals surface area contributed by atoms with Crippen LogP contribution in [0.2, 0.25) is 0 Å². The minimum absolute atomic E-state index is 0.635. The van der Waals surface area contributed by atoms with E-state index in [1.165, 1.54) is 51.4 Å². The van der Waals surface area contributed by atoms with E-state index in [-0.39, 0.29) is 0 Å². The van der Waals surface area contributed by atoms with E-state index in [1.54, 1.807) is 0 Å². The average molecular weight is 239 g/mol. The van der Waals surface area contributed by atoms with Gasteiger partial charge in [0.15, 0.2) is 0 Å². The van der Waals surface area contributed by atoms with Crippen molar-refractivity contribution in [2.45, 2.75) is 91.1 Å². The smallest absolute Gasteiger partial charge is 0.0100 e. The molecule has 0 saturated heterocycles. The third-order valence-electron chi connectivity index (χ3n) is 4.43. The Morgan fingerprint density at radius 1 is 1.12 bits per heavy atom.